The van der Waals surface area contributed by atoms with Crippen molar-refractivity contribution >= 4 is 33.4 Å². The first-order valence-electron chi connectivity index (χ1n) is 10.6. The molecule has 2 amide bonds. The number of likely N-dealkylation sites (tertiary alicyclic amines) is 1. The van der Waals surface area contributed by atoms with E-state index in [4.69, 9.17) is 11.6 Å². The fourth-order valence-corrected chi connectivity index (χ4v) is 5.37. The Hall–Kier alpha value is -1.64. The molecule has 0 bridgehead atoms. The van der Waals surface area contributed by atoms with Crippen molar-refractivity contribution in [1.29, 1.82) is 0 Å². The van der Waals surface area contributed by atoms with E-state index in [0.29, 0.717) is 31.0 Å². The number of nitrogens with zero attached hydrogens (tertiary/aromatic N) is 2. The van der Waals surface area contributed by atoms with Crippen molar-refractivity contribution in [3.63, 3.8) is 0 Å². The van der Waals surface area contributed by atoms with Crippen LogP contribution in [0.2, 0.25) is 5.02 Å². The van der Waals surface area contributed by atoms with Crippen LogP contribution in [0.1, 0.15) is 44.9 Å². The number of likely N-dealkylation sites (N-methyl/N-ethyl adjacent to an activating group) is 1. The van der Waals surface area contributed by atoms with Gasteiger partial charge in [-0.05, 0) is 49.9 Å². The van der Waals surface area contributed by atoms with Crippen molar-refractivity contribution < 1.29 is 18.0 Å². The van der Waals surface area contributed by atoms with Gasteiger partial charge in [-0.15, -0.1) is 0 Å². The summed E-state index contributed by atoms with van der Waals surface area (Å²) < 4.78 is 26.4. The van der Waals surface area contributed by atoms with Crippen LogP contribution in [0.3, 0.4) is 0 Å². The summed E-state index contributed by atoms with van der Waals surface area (Å²) in [4.78, 5) is 26.8. The number of nitrogens with one attached hydrogen (secondary N) is 1. The first-order chi connectivity index (χ1) is 14.3. The standard InChI is InChI=1S/C21H30ClN3O4S/c1-24(30(28,29)19-9-7-17(22)8-10-19)15-20(26)25-13-11-18(12-14-25)23-21(27)16-5-3-2-4-6-16/h7-10,16,18H,2-6,11-15H2,1H3,(H,23,27). The highest BCUT2D eigenvalue weighted by atomic mass is 35.5. The van der Waals surface area contributed by atoms with E-state index in [0.717, 1.165) is 30.0 Å². The number of carbonyl (C=O) groups excluding carboxylic acids is 2. The zero-order chi connectivity index (χ0) is 21.7. The van der Waals surface area contributed by atoms with Crippen LogP contribution < -0.4 is 5.32 Å². The van der Waals surface area contributed by atoms with Gasteiger partial charge in [0.05, 0.1) is 11.4 Å². The van der Waals surface area contributed by atoms with Gasteiger partial charge in [-0.3, -0.25) is 9.59 Å². The summed E-state index contributed by atoms with van der Waals surface area (Å²) in [5.74, 6) is 0.0468. The van der Waals surface area contributed by atoms with E-state index in [1.165, 1.54) is 37.7 Å². The minimum atomic E-state index is -3.76. The molecule has 1 saturated heterocycles. The Balaban J connectivity index is 1.47. The molecular weight excluding hydrogens is 426 g/mol. The molecule has 1 saturated carbocycles. The fourth-order valence-electron chi connectivity index (χ4n) is 4.12. The number of carbonyl (C=O) groups is 2. The summed E-state index contributed by atoms with van der Waals surface area (Å²) in [6.07, 6.45) is 6.78. The Morgan fingerprint density at radius 2 is 1.67 bits per heavy atom. The maximum absolute atomic E-state index is 12.6. The molecule has 1 heterocycles. The van der Waals surface area contributed by atoms with E-state index in [-0.39, 0.29) is 35.2 Å². The van der Waals surface area contributed by atoms with Gasteiger partial charge in [-0.2, -0.15) is 4.31 Å². The lowest BCUT2D eigenvalue weighted by atomic mass is 9.88. The van der Waals surface area contributed by atoms with Gasteiger partial charge in [0.15, 0.2) is 0 Å². The summed E-state index contributed by atoms with van der Waals surface area (Å²) in [5, 5.41) is 3.60. The first kappa shape index (κ1) is 23.0. The molecule has 30 heavy (non-hydrogen) atoms. The summed E-state index contributed by atoms with van der Waals surface area (Å²) in [7, 11) is -2.36. The Labute approximate surface area is 183 Å². The van der Waals surface area contributed by atoms with Gasteiger partial charge in [0.2, 0.25) is 21.8 Å². The maximum Gasteiger partial charge on any atom is 0.243 e. The number of hydrogen-bond donors (Lipinski definition) is 1. The minimum absolute atomic E-state index is 0.0824. The number of rotatable bonds is 6. The molecule has 9 heteroatoms. The van der Waals surface area contributed by atoms with Gasteiger partial charge in [0.25, 0.3) is 0 Å². The van der Waals surface area contributed by atoms with E-state index in [2.05, 4.69) is 5.32 Å². The average Bonchev–Trinajstić information content (AvgIpc) is 2.75. The normalized spacial score (nSPS) is 19.1. The van der Waals surface area contributed by atoms with Crippen LogP contribution >= 0.6 is 11.6 Å². The van der Waals surface area contributed by atoms with E-state index in [9.17, 15) is 18.0 Å². The molecule has 7 nitrogen and oxygen atoms in total. The quantitative estimate of drug-likeness (QED) is 0.714. The van der Waals surface area contributed by atoms with Crippen LogP contribution in [0, 0.1) is 5.92 Å². The molecule has 166 valence electrons. The molecule has 0 unspecified atom stereocenters. The number of benzene rings is 1. The molecule has 0 spiro atoms. The van der Waals surface area contributed by atoms with Gasteiger partial charge in [-0.25, -0.2) is 8.42 Å². The highest BCUT2D eigenvalue weighted by molar-refractivity contribution is 7.89. The molecule has 1 N–H and O–H groups in total. The van der Waals surface area contributed by atoms with Crippen molar-refractivity contribution in [3.05, 3.63) is 29.3 Å². The summed E-state index contributed by atoms with van der Waals surface area (Å²) in [6, 6.07) is 5.96. The van der Waals surface area contributed by atoms with Crippen molar-refractivity contribution in [3.8, 4) is 0 Å². The number of sulfonamides is 1. The van der Waals surface area contributed by atoms with Crippen LogP contribution in [0.5, 0.6) is 0 Å². The van der Waals surface area contributed by atoms with Crippen LogP contribution in [-0.2, 0) is 19.6 Å². The Kier molecular flexibility index (Phi) is 7.76. The van der Waals surface area contributed by atoms with Crippen LogP contribution in [0.15, 0.2) is 29.2 Å². The molecule has 0 radical (unpaired) electrons. The van der Waals surface area contributed by atoms with E-state index in [1.54, 1.807) is 4.90 Å². The molecular formula is C21H30ClN3O4S. The molecule has 1 aliphatic heterocycles. The number of amides is 2. The third kappa shape index (κ3) is 5.74. The lowest BCUT2D eigenvalue weighted by Gasteiger charge is -2.34. The van der Waals surface area contributed by atoms with Gasteiger partial charge in [0, 0.05) is 37.1 Å². The highest BCUT2D eigenvalue weighted by Crippen LogP contribution is 2.24. The minimum Gasteiger partial charge on any atom is -0.353 e. The lowest BCUT2D eigenvalue weighted by Crippen LogP contribution is -2.50. The first-order valence-corrected chi connectivity index (χ1v) is 12.4. The second-order valence-corrected chi connectivity index (χ2v) is 10.7. The summed E-state index contributed by atoms with van der Waals surface area (Å²) in [6.45, 7) is 0.816. The second-order valence-electron chi connectivity index (χ2n) is 8.21. The zero-order valence-corrected chi connectivity index (χ0v) is 18.9. The molecule has 1 aromatic carbocycles. The van der Waals surface area contributed by atoms with Crippen LogP contribution in [0.25, 0.3) is 0 Å². The predicted octanol–water partition coefficient (Wildman–Crippen LogP) is 2.65. The largest absolute Gasteiger partial charge is 0.353 e. The second kappa shape index (κ2) is 10.1. The number of piperidine rings is 1. The smallest absolute Gasteiger partial charge is 0.243 e. The van der Waals surface area contributed by atoms with Crippen molar-refractivity contribution in [1.82, 2.24) is 14.5 Å². The van der Waals surface area contributed by atoms with E-state index >= 15 is 0 Å². The van der Waals surface area contributed by atoms with Crippen LogP contribution in [-0.4, -0.2) is 62.2 Å². The van der Waals surface area contributed by atoms with Gasteiger partial charge < -0.3 is 10.2 Å². The molecule has 1 aromatic rings. The number of hydrogen-bond acceptors (Lipinski definition) is 4. The van der Waals surface area contributed by atoms with Crippen molar-refractivity contribution in [2.45, 2.75) is 55.9 Å². The molecule has 2 aliphatic rings. The van der Waals surface area contributed by atoms with Gasteiger partial charge >= 0.3 is 0 Å². The topological polar surface area (TPSA) is 86.8 Å². The Bertz CT molecular complexity index is 846. The van der Waals surface area contributed by atoms with Crippen molar-refractivity contribution in [2.75, 3.05) is 26.7 Å². The summed E-state index contributed by atoms with van der Waals surface area (Å²) in [5.41, 5.74) is 0. The molecule has 2 fully saturated rings. The zero-order valence-electron chi connectivity index (χ0n) is 17.3. The Morgan fingerprint density at radius 1 is 1.07 bits per heavy atom. The van der Waals surface area contributed by atoms with Gasteiger partial charge in [-0.1, -0.05) is 30.9 Å². The molecule has 3 rings (SSSR count). The molecule has 0 atom stereocenters. The lowest BCUT2D eigenvalue weighted by molar-refractivity contribution is -0.132. The highest BCUT2D eigenvalue weighted by Gasteiger charge is 2.29. The number of halogens is 1. The molecule has 1 aliphatic carbocycles. The molecule has 0 aromatic heterocycles. The SMILES string of the molecule is CN(CC(=O)N1CCC(NC(=O)C2CCCCC2)CC1)S(=O)(=O)c1ccc(Cl)cc1. The predicted molar refractivity (Wildman–Crippen MR) is 116 cm³/mol. The van der Waals surface area contributed by atoms with Crippen LogP contribution in [0.4, 0.5) is 0 Å². The average molecular weight is 456 g/mol. The summed E-state index contributed by atoms with van der Waals surface area (Å²) >= 11 is 5.82. The van der Waals surface area contributed by atoms with Gasteiger partial charge in [0.1, 0.15) is 0 Å². The monoisotopic (exact) mass is 455 g/mol. The third-order valence-electron chi connectivity index (χ3n) is 6.05. The van der Waals surface area contributed by atoms with Crippen molar-refractivity contribution in [2.24, 2.45) is 5.92 Å². The van der Waals surface area contributed by atoms with E-state index < -0.39 is 10.0 Å². The fraction of sp³-hybridized carbons (Fsp3) is 0.619. The Morgan fingerprint density at radius 3 is 2.27 bits per heavy atom. The third-order valence-corrected chi connectivity index (χ3v) is 8.12. The van der Waals surface area contributed by atoms with E-state index in [1.807, 2.05) is 0 Å². The maximum atomic E-state index is 12.6.